The molecular formula is C15H13FO3. The van der Waals surface area contributed by atoms with Crippen molar-refractivity contribution in [3.8, 4) is 16.9 Å². The van der Waals surface area contributed by atoms with Crippen LogP contribution in [0.1, 0.15) is 5.56 Å². The molecule has 2 rings (SSSR count). The lowest BCUT2D eigenvalue weighted by molar-refractivity contribution is -0.136. The quantitative estimate of drug-likeness (QED) is 0.918. The van der Waals surface area contributed by atoms with Crippen LogP contribution in [-0.4, -0.2) is 18.2 Å². The van der Waals surface area contributed by atoms with Crippen molar-refractivity contribution in [1.29, 1.82) is 0 Å². The van der Waals surface area contributed by atoms with Crippen LogP contribution in [0.5, 0.6) is 5.75 Å². The zero-order valence-electron chi connectivity index (χ0n) is 10.4. The second-order valence-corrected chi connectivity index (χ2v) is 4.08. The Labute approximate surface area is 110 Å². The number of benzene rings is 2. The van der Waals surface area contributed by atoms with E-state index < -0.39 is 11.8 Å². The summed E-state index contributed by atoms with van der Waals surface area (Å²) in [6.07, 6.45) is -0.338. The maximum Gasteiger partial charge on any atom is 0.307 e. The first-order valence-electron chi connectivity index (χ1n) is 5.75. The Balaban J connectivity index is 2.48. The Morgan fingerprint density at radius 3 is 2.68 bits per heavy atom. The first-order valence-corrected chi connectivity index (χ1v) is 5.75. The van der Waals surface area contributed by atoms with Crippen molar-refractivity contribution in [2.45, 2.75) is 6.42 Å². The summed E-state index contributed by atoms with van der Waals surface area (Å²) in [4.78, 5) is 10.7. The van der Waals surface area contributed by atoms with Gasteiger partial charge in [-0.15, -0.1) is 0 Å². The summed E-state index contributed by atoms with van der Waals surface area (Å²) in [5.41, 5.74) is 1.70. The molecule has 0 heterocycles. The lowest BCUT2D eigenvalue weighted by Gasteiger charge is -2.10. The number of hydrogen-bond donors (Lipinski definition) is 1. The van der Waals surface area contributed by atoms with E-state index in [1.807, 2.05) is 18.2 Å². The third-order valence-corrected chi connectivity index (χ3v) is 2.81. The zero-order valence-corrected chi connectivity index (χ0v) is 10.4. The Morgan fingerprint density at radius 1 is 1.26 bits per heavy atom. The van der Waals surface area contributed by atoms with Crippen LogP contribution in [0.25, 0.3) is 11.1 Å². The summed E-state index contributed by atoms with van der Waals surface area (Å²) in [5, 5.41) is 8.76. The topological polar surface area (TPSA) is 46.5 Å². The van der Waals surface area contributed by atoms with E-state index >= 15 is 0 Å². The Kier molecular flexibility index (Phi) is 3.80. The van der Waals surface area contributed by atoms with Gasteiger partial charge in [0.25, 0.3) is 0 Å². The molecule has 0 fully saturated rings. The van der Waals surface area contributed by atoms with Gasteiger partial charge in [-0.25, -0.2) is 4.39 Å². The number of rotatable bonds is 4. The van der Waals surface area contributed by atoms with Gasteiger partial charge in [-0.3, -0.25) is 4.79 Å². The van der Waals surface area contributed by atoms with Crippen LogP contribution >= 0.6 is 0 Å². The maximum atomic E-state index is 13.5. The number of halogens is 1. The average molecular weight is 260 g/mol. The fraction of sp³-hybridized carbons (Fsp3) is 0.133. The summed E-state index contributed by atoms with van der Waals surface area (Å²) in [6.45, 7) is 0. The van der Waals surface area contributed by atoms with Gasteiger partial charge in [-0.1, -0.05) is 24.3 Å². The molecular weight excluding hydrogens is 247 g/mol. The van der Waals surface area contributed by atoms with E-state index in [0.29, 0.717) is 5.75 Å². The van der Waals surface area contributed by atoms with Crippen molar-refractivity contribution in [2.24, 2.45) is 0 Å². The minimum atomic E-state index is -1.06. The molecule has 0 atom stereocenters. The third-order valence-electron chi connectivity index (χ3n) is 2.81. The molecule has 1 N–H and O–H groups in total. The van der Waals surface area contributed by atoms with E-state index in [1.54, 1.807) is 25.3 Å². The fourth-order valence-electron chi connectivity index (χ4n) is 1.92. The maximum absolute atomic E-state index is 13.5. The average Bonchev–Trinajstić information content (AvgIpc) is 2.41. The Morgan fingerprint density at radius 2 is 2.00 bits per heavy atom. The van der Waals surface area contributed by atoms with Crippen LogP contribution < -0.4 is 4.74 Å². The number of ether oxygens (including phenoxy) is 1. The molecule has 0 aromatic heterocycles. The van der Waals surface area contributed by atoms with Crippen LogP contribution in [0.2, 0.25) is 0 Å². The molecule has 0 bridgehead atoms. The van der Waals surface area contributed by atoms with Gasteiger partial charge >= 0.3 is 5.97 Å². The fourth-order valence-corrected chi connectivity index (χ4v) is 1.92. The number of carboxylic acids is 1. The lowest BCUT2D eigenvalue weighted by Crippen LogP contribution is -2.02. The van der Waals surface area contributed by atoms with E-state index in [-0.39, 0.29) is 12.0 Å². The van der Waals surface area contributed by atoms with Gasteiger partial charge < -0.3 is 9.84 Å². The molecule has 0 unspecified atom stereocenters. The third kappa shape index (κ3) is 2.91. The second kappa shape index (κ2) is 5.52. The largest absolute Gasteiger partial charge is 0.496 e. The molecule has 0 spiro atoms. The van der Waals surface area contributed by atoms with Crippen LogP contribution in [0.4, 0.5) is 4.39 Å². The molecule has 0 aliphatic rings. The van der Waals surface area contributed by atoms with Crippen LogP contribution in [0, 0.1) is 5.82 Å². The Hall–Kier alpha value is -2.36. The van der Waals surface area contributed by atoms with E-state index in [9.17, 15) is 9.18 Å². The Bertz CT molecular complexity index is 608. The number of aliphatic carboxylic acids is 1. The number of hydrogen-bond acceptors (Lipinski definition) is 2. The lowest BCUT2D eigenvalue weighted by atomic mass is 10.0. The van der Waals surface area contributed by atoms with E-state index in [1.165, 1.54) is 6.07 Å². The molecule has 0 radical (unpaired) electrons. The first-order chi connectivity index (χ1) is 9.11. The second-order valence-electron chi connectivity index (χ2n) is 4.08. The van der Waals surface area contributed by atoms with Gasteiger partial charge in [0.05, 0.1) is 13.5 Å². The highest BCUT2D eigenvalue weighted by atomic mass is 19.1. The van der Waals surface area contributed by atoms with Crippen LogP contribution in [0.15, 0.2) is 42.5 Å². The molecule has 0 aliphatic heterocycles. The standard InChI is InChI=1S/C15H13FO3/c1-19-14-5-3-2-4-12(14)10-6-7-13(16)11(8-10)9-15(17)18/h2-8H,9H2,1H3,(H,17,18). The molecule has 2 aromatic carbocycles. The van der Waals surface area contributed by atoms with E-state index in [0.717, 1.165) is 11.1 Å². The zero-order chi connectivity index (χ0) is 13.8. The molecule has 0 amide bonds. The molecule has 0 saturated heterocycles. The van der Waals surface area contributed by atoms with Gasteiger partial charge in [0, 0.05) is 5.56 Å². The normalized spacial score (nSPS) is 10.2. The predicted octanol–water partition coefficient (Wildman–Crippen LogP) is 3.13. The minimum absolute atomic E-state index is 0.163. The van der Waals surface area contributed by atoms with Gasteiger partial charge in [0.2, 0.25) is 0 Å². The summed E-state index contributed by atoms with van der Waals surface area (Å²) < 4.78 is 18.8. The monoisotopic (exact) mass is 260 g/mol. The van der Waals surface area contributed by atoms with Gasteiger partial charge in [-0.2, -0.15) is 0 Å². The van der Waals surface area contributed by atoms with Crippen molar-refractivity contribution in [1.82, 2.24) is 0 Å². The molecule has 19 heavy (non-hydrogen) atoms. The van der Waals surface area contributed by atoms with Gasteiger partial charge in [0.1, 0.15) is 11.6 Å². The summed E-state index contributed by atoms with van der Waals surface area (Å²) in [5.74, 6) is -0.910. The molecule has 4 heteroatoms. The number of carbonyl (C=O) groups is 1. The molecule has 3 nitrogen and oxygen atoms in total. The summed E-state index contributed by atoms with van der Waals surface area (Å²) >= 11 is 0. The van der Waals surface area contributed by atoms with E-state index in [2.05, 4.69) is 0 Å². The smallest absolute Gasteiger partial charge is 0.307 e. The van der Waals surface area contributed by atoms with Crippen LogP contribution in [-0.2, 0) is 11.2 Å². The highest BCUT2D eigenvalue weighted by molar-refractivity contribution is 5.74. The predicted molar refractivity (Wildman–Crippen MR) is 69.7 cm³/mol. The van der Waals surface area contributed by atoms with Crippen molar-refractivity contribution < 1.29 is 19.0 Å². The van der Waals surface area contributed by atoms with E-state index in [4.69, 9.17) is 9.84 Å². The SMILES string of the molecule is COc1ccccc1-c1ccc(F)c(CC(=O)O)c1. The molecule has 2 aromatic rings. The number of carboxylic acid groups (broad SMARTS) is 1. The van der Waals surface area contributed by atoms with Crippen LogP contribution in [0.3, 0.4) is 0 Å². The summed E-state index contributed by atoms with van der Waals surface area (Å²) in [7, 11) is 1.56. The van der Waals surface area contributed by atoms with Crippen molar-refractivity contribution in [3.05, 3.63) is 53.8 Å². The number of methoxy groups -OCH3 is 1. The number of para-hydroxylation sites is 1. The summed E-state index contributed by atoms with van der Waals surface area (Å²) in [6, 6.07) is 11.8. The minimum Gasteiger partial charge on any atom is -0.496 e. The highest BCUT2D eigenvalue weighted by Gasteiger charge is 2.11. The van der Waals surface area contributed by atoms with Crippen molar-refractivity contribution in [2.75, 3.05) is 7.11 Å². The highest BCUT2D eigenvalue weighted by Crippen LogP contribution is 2.30. The molecule has 0 aliphatic carbocycles. The van der Waals surface area contributed by atoms with Crippen molar-refractivity contribution >= 4 is 5.97 Å². The molecule has 0 saturated carbocycles. The molecule has 98 valence electrons. The van der Waals surface area contributed by atoms with Crippen molar-refractivity contribution in [3.63, 3.8) is 0 Å². The van der Waals surface area contributed by atoms with Gasteiger partial charge in [-0.05, 0) is 29.3 Å². The van der Waals surface area contributed by atoms with Gasteiger partial charge in [0.15, 0.2) is 0 Å². The first kappa shape index (κ1) is 13.1.